The first-order valence-corrected chi connectivity index (χ1v) is 8.25. The highest BCUT2D eigenvalue weighted by Crippen LogP contribution is 2.32. The molecule has 8 nitrogen and oxygen atoms in total. The average Bonchev–Trinajstić information content (AvgIpc) is 3.22. The lowest BCUT2D eigenvalue weighted by molar-refractivity contribution is -0.129. The van der Waals surface area contributed by atoms with Crippen molar-refractivity contribution in [3.8, 4) is 0 Å². The van der Waals surface area contributed by atoms with Crippen molar-refractivity contribution in [1.29, 1.82) is 0 Å². The van der Waals surface area contributed by atoms with E-state index in [4.69, 9.17) is 4.42 Å². The number of rotatable bonds is 4. The summed E-state index contributed by atoms with van der Waals surface area (Å²) < 4.78 is 5.10. The first-order valence-electron chi connectivity index (χ1n) is 8.25. The van der Waals surface area contributed by atoms with Gasteiger partial charge in [0.1, 0.15) is 5.82 Å². The molecule has 2 aromatic heterocycles. The van der Waals surface area contributed by atoms with Crippen molar-refractivity contribution < 1.29 is 14.0 Å². The molecule has 0 spiro atoms. The van der Waals surface area contributed by atoms with Crippen LogP contribution < -0.4 is 5.32 Å². The molecule has 2 amide bonds. The zero-order valence-electron chi connectivity index (χ0n) is 14.6. The second-order valence-electron chi connectivity index (χ2n) is 6.15. The Morgan fingerprint density at radius 2 is 2.16 bits per heavy atom. The fourth-order valence-corrected chi connectivity index (χ4v) is 3.14. The maximum absolute atomic E-state index is 12.2. The first kappa shape index (κ1) is 17.1. The van der Waals surface area contributed by atoms with Gasteiger partial charge in [0.05, 0.1) is 17.4 Å². The number of hydrogen-bond donors (Lipinski definition) is 1. The maximum atomic E-state index is 12.2. The fraction of sp³-hybridized carbons (Fsp3) is 0.471. The first-order chi connectivity index (χ1) is 12.0. The molecule has 0 bridgehead atoms. The predicted molar refractivity (Wildman–Crippen MR) is 88.5 cm³/mol. The zero-order chi connectivity index (χ0) is 18.0. The Hall–Kier alpha value is -2.77. The number of carbonyl (C=O) groups is 2. The van der Waals surface area contributed by atoms with Crippen molar-refractivity contribution in [3.05, 3.63) is 41.1 Å². The Balaban J connectivity index is 1.81. The molecule has 3 rings (SSSR count). The highest BCUT2D eigenvalue weighted by Gasteiger charge is 2.31. The van der Waals surface area contributed by atoms with Crippen LogP contribution in [0.3, 0.4) is 0 Å². The van der Waals surface area contributed by atoms with E-state index in [1.165, 1.54) is 6.39 Å². The Labute approximate surface area is 145 Å². The lowest BCUT2D eigenvalue weighted by atomic mass is 10.1. The third-order valence-corrected chi connectivity index (χ3v) is 4.38. The summed E-state index contributed by atoms with van der Waals surface area (Å²) in [6.45, 7) is 6.09. The second kappa shape index (κ2) is 7.00. The SMILES string of the molecule is CC(=O)N1CCCC1c1nc(C)ncc1CNC(=O)c1ocnc1C. The van der Waals surface area contributed by atoms with E-state index in [0.717, 1.165) is 30.6 Å². The van der Waals surface area contributed by atoms with Crippen LogP contribution in [0.5, 0.6) is 0 Å². The summed E-state index contributed by atoms with van der Waals surface area (Å²) in [6.07, 6.45) is 4.75. The van der Waals surface area contributed by atoms with E-state index in [2.05, 4.69) is 20.3 Å². The summed E-state index contributed by atoms with van der Waals surface area (Å²) in [4.78, 5) is 38.6. The number of nitrogens with zero attached hydrogens (tertiary/aromatic N) is 4. The normalized spacial score (nSPS) is 16.9. The van der Waals surface area contributed by atoms with E-state index in [1.807, 2.05) is 11.8 Å². The molecule has 1 unspecified atom stereocenters. The van der Waals surface area contributed by atoms with Gasteiger partial charge in [-0.25, -0.2) is 15.0 Å². The van der Waals surface area contributed by atoms with Crippen LogP contribution in [0.15, 0.2) is 17.0 Å². The van der Waals surface area contributed by atoms with Crippen molar-refractivity contribution >= 4 is 11.8 Å². The molecule has 1 saturated heterocycles. The third kappa shape index (κ3) is 3.52. The number of amides is 2. The molecule has 8 heteroatoms. The molecular weight excluding hydrogens is 322 g/mol. The molecule has 2 aromatic rings. The number of nitrogens with one attached hydrogen (secondary N) is 1. The quantitative estimate of drug-likeness (QED) is 0.906. The van der Waals surface area contributed by atoms with Crippen LogP contribution in [0.1, 0.15) is 59.1 Å². The Bertz CT molecular complexity index is 801. The Morgan fingerprint density at radius 3 is 2.84 bits per heavy atom. The van der Waals surface area contributed by atoms with E-state index in [0.29, 0.717) is 11.5 Å². The molecule has 1 fully saturated rings. The second-order valence-corrected chi connectivity index (χ2v) is 6.15. The summed E-state index contributed by atoms with van der Waals surface area (Å²) >= 11 is 0. The summed E-state index contributed by atoms with van der Waals surface area (Å²) in [5.41, 5.74) is 2.14. The standard InChI is InChI=1S/C17H21N5O3/c1-10-16(25-9-20-10)17(24)19-8-13-7-18-11(2)21-15(13)14-5-4-6-22(14)12(3)23/h7,9,14H,4-6,8H2,1-3H3,(H,19,24). The molecule has 132 valence electrons. The van der Waals surface area contributed by atoms with Crippen LogP contribution in [0.4, 0.5) is 0 Å². The predicted octanol–water partition coefficient (Wildman–Crippen LogP) is 1.69. The van der Waals surface area contributed by atoms with E-state index >= 15 is 0 Å². The fourth-order valence-electron chi connectivity index (χ4n) is 3.14. The number of likely N-dealkylation sites (tertiary alicyclic amines) is 1. The van der Waals surface area contributed by atoms with Gasteiger partial charge < -0.3 is 14.6 Å². The van der Waals surface area contributed by atoms with Gasteiger partial charge >= 0.3 is 0 Å². The van der Waals surface area contributed by atoms with Crippen LogP contribution in [-0.2, 0) is 11.3 Å². The molecular formula is C17H21N5O3. The van der Waals surface area contributed by atoms with Crippen molar-refractivity contribution in [1.82, 2.24) is 25.2 Å². The largest absolute Gasteiger partial charge is 0.438 e. The monoisotopic (exact) mass is 343 g/mol. The van der Waals surface area contributed by atoms with Crippen molar-refractivity contribution in [3.63, 3.8) is 0 Å². The van der Waals surface area contributed by atoms with Gasteiger partial charge in [-0.3, -0.25) is 9.59 Å². The van der Waals surface area contributed by atoms with Gasteiger partial charge in [0.25, 0.3) is 5.91 Å². The number of aromatic nitrogens is 3. The molecule has 1 aliphatic rings. The highest BCUT2D eigenvalue weighted by molar-refractivity contribution is 5.92. The number of carbonyl (C=O) groups excluding carboxylic acids is 2. The smallest absolute Gasteiger partial charge is 0.289 e. The molecule has 25 heavy (non-hydrogen) atoms. The minimum Gasteiger partial charge on any atom is -0.438 e. The molecule has 1 N–H and O–H groups in total. The van der Waals surface area contributed by atoms with E-state index in [9.17, 15) is 9.59 Å². The molecule has 0 aliphatic carbocycles. The van der Waals surface area contributed by atoms with E-state index < -0.39 is 0 Å². The average molecular weight is 343 g/mol. The van der Waals surface area contributed by atoms with Crippen LogP contribution in [-0.4, -0.2) is 38.2 Å². The van der Waals surface area contributed by atoms with Crippen molar-refractivity contribution in [2.24, 2.45) is 0 Å². The number of hydrogen-bond acceptors (Lipinski definition) is 6. The van der Waals surface area contributed by atoms with Crippen LogP contribution in [0.25, 0.3) is 0 Å². The van der Waals surface area contributed by atoms with Gasteiger partial charge in [-0.05, 0) is 26.7 Å². The highest BCUT2D eigenvalue weighted by atomic mass is 16.3. The summed E-state index contributed by atoms with van der Waals surface area (Å²) in [7, 11) is 0. The minimum atomic E-state index is -0.337. The van der Waals surface area contributed by atoms with Crippen molar-refractivity contribution in [2.45, 2.75) is 46.2 Å². The summed E-state index contributed by atoms with van der Waals surface area (Å²) in [5.74, 6) is 0.537. The topological polar surface area (TPSA) is 101 Å². The summed E-state index contributed by atoms with van der Waals surface area (Å²) in [6, 6.07) is -0.0712. The lowest BCUT2D eigenvalue weighted by Crippen LogP contribution is -2.31. The van der Waals surface area contributed by atoms with Gasteiger partial charge in [-0.2, -0.15) is 0 Å². The van der Waals surface area contributed by atoms with Gasteiger partial charge in [-0.1, -0.05) is 0 Å². The van der Waals surface area contributed by atoms with E-state index in [-0.39, 0.29) is 30.2 Å². The van der Waals surface area contributed by atoms with Crippen LogP contribution >= 0.6 is 0 Å². The zero-order valence-corrected chi connectivity index (χ0v) is 14.6. The molecule has 1 atom stereocenters. The number of oxazole rings is 1. The molecule has 1 aliphatic heterocycles. The minimum absolute atomic E-state index is 0.0334. The van der Waals surface area contributed by atoms with Gasteiger partial charge in [0.15, 0.2) is 6.39 Å². The summed E-state index contributed by atoms with van der Waals surface area (Å²) in [5, 5.41) is 2.81. The van der Waals surface area contributed by atoms with Crippen LogP contribution in [0.2, 0.25) is 0 Å². The molecule has 0 aromatic carbocycles. The maximum Gasteiger partial charge on any atom is 0.289 e. The lowest BCUT2D eigenvalue weighted by Gasteiger charge is -2.24. The Morgan fingerprint density at radius 1 is 1.36 bits per heavy atom. The number of aryl methyl sites for hydroxylation is 2. The molecule has 3 heterocycles. The third-order valence-electron chi connectivity index (χ3n) is 4.38. The molecule has 0 radical (unpaired) electrons. The van der Waals surface area contributed by atoms with Crippen molar-refractivity contribution in [2.75, 3.05) is 6.54 Å². The molecule has 0 saturated carbocycles. The van der Waals surface area contributed by atoms with Gasteiger partial charge in [-0.15, -0.1) is 0 Å². The van der Waals surface area contributed by atoms with Gasteiger partial charge in [0.2, 0.25) is 11.7 Å². The van der Waals surface area contributed by atoms with Crippen LogP contribution in [0, 0.1) is 13.8 Å². The Kier molecular flexibility index (Phi) is 4.78. The van der Waals surface area contributed by atoms with E-state index in [1.54, 1.807) is 20.0 Å². The van der Waals surface area contributed by atoms with Gasteiger partial charge in [0, 0.05) is 31.8 Å².